The van der Waals surface area contributed by atoms with Crippen molar-refractivity contribution in [3.05, 3.63) is 0 Å². The molecule has 0 bridgehead atoms. The minimum Gasteiger partial charge on any atom is -0.387 e. The third-order valence-electron chi connectivity index (χ3n) is 2.20. The van der Waals surface area contributed by atoms with Crippen LogP contribution in [0.1, 0.15) is 33.6 Å². The van der Waals surface area contributed by atoms with Crippen LogP contribution in [0.15, 0.2) is 4.99 Å². The van der Waals surface area contributed by atoms with E-state index in [0.717, 1.165) is 44.9 Å². The number of nitrogens with two attached hydrogens (primary N) is 1. The zero-order valence-electron chi connectivity index (χ0n) is 9.21. The van der Waals surface area contributed by atoms with E-state index in [2.05, 4.69) is 23.7 Å². The van der Waals surface area contributed by atoms with Gasteiger partial charge in [0.1, 0.15) is 0 Å². The molecule has 0 aromatic carbocycles. The summed E-state index contributed by atoms with van der Waals surface area (Å²) in [5.41, 5.74) is 5.59. The van der Waals surface area contributed by atoms with Crippen molar-refractivity contribution in [3.8, 4) is 0 Å². The standard InChI is InChI=1S/C10H23N3/c1-4-10(11)12-8-7-9-13(5-2)6-3/h4-9H2,1-3H3,(H2,11,12). The second kappa shape index (κ2) is 8.05. The van der Waals surface area contributed by atoms with Gasteiger partial charge in [-0.1, -0.05) is 20.8 Å². The molecule has 3 heteroatoms. The molecular weight excluding hydrogens is 162 g/mol. The Bertz CT molecular complexity index is 139. The van der Waals surface area contributed by atoms with Gasteiger partial charge in [0.15, 0.2) is 0 Å². The molecule has 0 radical (unpaired) electrons. The van der Waals surface area contributed by atoms with E-state index in [4.69, 9.17) is 5.73 Å². The van der Waals surface area contributed by atoms with Gasteiger partial charge in [-0.25, -0.2) is 0 Å². The van der Waals surface area contributed by atoms with Crippen molar-refractivity contribution in [1.29, 1.82) is 0 Å². The van der Waals surface area contributed by atoms with Crippen molar-refractivity contribution in [2.75, 3.05) is 26.2 Å². The Labute approximate surface area is 82.0 Å². The highest BCUT2D eigenvalue weighted by Gasteiger charge is 1.96. The molecule has 0 amide bonds. The lowest BCUT2D eigenvalue weighted by Crippen LogP contribution is -2.24. The smallest absolute Gasteiger partial charge is 0.0934 e. The zero-order chi connectivity index (χ0) is 10.1. The first-order valence-corrected chi connectivity index (χ1v) is 5.25. The molecular formula is C10H23N3. The molecule has 78 valence electrons. The fourth-order valence-electron chi connectivity index (χ4n) is 1.17. The summed E-state index contributed by atoms with van der Waals surface area (Å²) < 4.78 is 0. The molecule has 0 aliphatic rings. The summed E-state index contributed by atoms with van der Waals surface area (Å²) in [4.78, 5) is 6.65. The van der Waals surface area contributed by atoms with E-state index < -0.39 is 0 Å². The number of hydrogen-bond donors (Lipinski definition) is 1. The van der Waals surface area contributed by atoms with Gasteiger partial charge in [0.05, 0.1) is 5.84 Å². The van der Waals surface area contributed by atoms with Gasteiger partial charge in [-0.15, -0.1) is 0 Å². The normalized spacial score (nSPS) is 12.5. The van der Waals surface area contributed by atoms with Crippen LogP contribution in [0.25, 0.3) is 0 Å². The fourth-order valence-corrected chi connectivity index (χ4v) is 1.17. The number of aliphatic imine (C=N–C) groups is 1. The molecule has 0 unspecified atom stereocenters. The Morgan fingerprint density at radius 1 is 1.23 bits per heavy atom. The molecule has 0 fully saturated rings. The molecule has 0 aromatic heterocycles. The van der Waals surface area contributed by atoms with E-state index in [9.17, 15) is 0 Å². The van der Waals surface area contributed by atoms with Gasteiger partial charge in [0.25, 0.3) is 0 Å². The highest BCUT2D eigenvalue weighted by Crippen LogP contribution is 1.91. The molecule has 0 aromatic rings. The largest absolute Gasteiger partial charge is 0.387 e. The van der Waals surface area contributed by atoms with Gasteiger partial charge in [-0.2, -0.15) is 0 Å². The average Bonchev–Trinajstić information content (AvgIpc) is 2.18. The Balaban J connectivity index is 3.44. The first-order valence-electron chi connectivity index (χ1n) is 5.25. The summed E-state index contributed by atoms with van der Waals surface area (Å²) in [7, 11) is 0. The second-order valence-electron chi connectivity index (χ2n) is 3.11. The van der Waals surface area contributed by atoms with Crippen LogP contribution in [-0.2, 0) is 0 Å². The van der Waals surface area contributed by atoms with Crippen LogP contribution in [0.2, 0.25) is 0 Å². The lowest BCUT2D eigenvalue weighted by molar-refractivity contribution is 0.302. The number of hydrogen-bond acceptors (Lipinski definition) is 2. The van der Waals surface area contributed by atoms with Crippen molar-refractivity contribution >= 4 is 5.84 Å². The van der Waals surface area contributed by atoms with E-state index in [0.29, 0.717) is 0 Å². The van der Waals surface area contributed by atoms with Crippen LogP contribution in [0.4, 0.5) is 0 Å². The maximum Gasteiger partial charge on any atom is 0.0934 e. The lowest BCUT2D eigenvalue weighted by Gasteiger charge is -2.16. The van der Waals surface area contributed by atoms with Crippen molar-refractivity contribution in [2.45, 2.75) is 33.6 Å². The average molecular weight is 185 g/mol. The molecule has 13 heavy (non-hydrogen) atoms. The van der Waals surface area contributed by atoms with E-state index in [1.807, 2.05) is 6.92 Å². The molecule has 0 rings (SSSR count). The van der Waals surface area contributed by atoms with Gasteiger partial charge >= 0.3 is 0 Å². The Hall–Kier alpha value is -0.570. The predicted octanol–water partition coefficient (Wildman–Crippen LogP) is 1.49. The first-order chi connectivity index (χ1) is 6.24. The van der Waals surface area contributed by atoms with Gasteiger partial charge < -0.3 is 10.6 Å². The summed E-state index contributed by atoms with van der Waals surface area (Å²) >= 11 is 0. The number of rotatable bonds is 7. The van der Waals surface area contributed by atoms with Crippen LogP contribution in [0.5, 0.6) is 0 Å². The molecule has 0 atom stereocenters. The van der Waals surface area contributed by atoms with Crippen molar-refractivity contribution in [1.82, 2.24) is 4.90 Å². The second-order valence-corrected chi connectivity index (χ2v) is 3.11. The number of nitrogens with zero attached hydrogens (tertiary/aromatic N) is 2. The predicted molar refractivity (Wildman–Crippen MR) is 59.2 cm³/mol. The third-order valence-corrected chi connectivity index (χ3v) is 2.20. The van der Waals surface area contributed by atoms with Gasteiger partial charge in [-0.3, -0.25) is 4.99 Å². The van der Waals surface area contributed by atoms with Gasteiger partial charge in [0, 0.05) is 13.0 Å². The first kappa shape index (κ1) is 12.4. The summed E-state index contributed by atoms with van der Waals surface area (Å²) in [5, 5.41) is 0. The summed E-state index contributed by atoms with van der Waals surface area (Å²) in [6.45, 7) is 10.7. The molecule has 0 saturated heterocycles. The highest BCUT2D eigenvalue weighted by molar-refractivity contribution is 5.79. The van der Waals surface area contributed by atoms with Crippen LogP contribution in [-0.4, -0.2) is 36.9 Å². The number of amidine groups is 1. The molecule has 2 N–H and O–H groups in total. The van der Waals surface area contributed by atoms with E-state index in [-0.39, 0.29) is 0 Å². The molecule has 0 heterocycles. The fraction of sp³-hybridized carbons (Fsp3) is 0.900. The Kier molecular flexibility index (Phi) is 7.69. The quantitative estimate of drug-likeness (QED) is 0.371. The molecule has 0 aliphatic heterocycles. The summed E-state index contributed by atoms with van der Waals surface area (Å²) in [6.07, 6.45) is 1.98. The van der Waals surface area contributed by atoms with Gasteiger partial charge in [-0.05, 0) is 26.1 Å². The topological polar surface area (TPSA) is 41.6 Å². The lowest BCUT2D eigenvalue weighted by atomic mass is 10.3. The van der Waals surface area contributed by atoms with E-state index in [1.165, 1.54) is 0 Å². The minimum atomic E-state index is 0.777. The zero-order valence-corrected chi connectivity index (χ0v) is 9.21. The van der Waals surface area contributed by atoms with Gasteiger partial charge in [0.2, 0.25) is 0 Å². The monoisotopic (exact) mass is 185 g/mol. The maximum atomic E-state index is 5.59. The summed E-state index contributed by atoms with van der Waals surface area (Å²) in [6, 6.07) is 0. The SMILES string of the molecule is CCC(N)=NCCCN(CC)CC. The van der Waals surface area contributed by atoms with Crippen molar-refractivity contribution in [3.63, 3.8) is 0 Å². The summed E-state index contributed by atoms with van der Waals surface area (Å²) in [5.74, 6) is 0.777. The van der Waals surface area contributed by atoms with E-state index >= 15 is 0 Å². The molecule has 3 nitrogen and oxygen atoms in total. The van der Waals surface area contributed by atoms with Crippen molar-refractivity contribution < 1.29 is 0 Å². The molecule has 0 aliphatic carbocycles. The van der Waals surface area contributed by atoms with E-state index in [1.54, 1.807) is 0 Å². The third kappa shape index (κ3) is 6.58. The van der Waals surface area contributed by atoms with Crippen LogP contribution in [0, 0.1) is 0 Å². The molecule has 0 saturated carbocycles. The Morgan fingerprint density at radius 3 is 2.31 bits per heavy atom. The van der Waals surface area contributed by atoms with Crippen molar-refractivity contribution in [2.24, 2.45) is 10.7 Å². The minimum absolute atomic E-state index is 0.777. The molecule has 0 spiro atoms. The maximum absolute atomic E-state index is 5.59. The van der Waals surface area contributed by atoms with Crippen LogP contribution < -0.4 is 5.73 Å². The Morgan fingerprint density at radius 2 is 1.85 bits per heavy atom. The van der Waals surface area contributed by atoms with Crippen LogP contribution in [0.3, 0.4) is 0 Å². The highest BCUT2D eigenvalue weighted by atomic mass is 15.1. The van der Waals surface area contributed by atoms with Crippen LogP contribution >= 0.6 is 0 Å².